The second-order valence-corrected chi connectivity index (χ2v) is 5.21. The summed E-state index contributed by atoms with van der Waals surface area (Å²) in [7, 11) is 0. The van der Waals surface area contributed by atoms with Crippen LogP contribution in [0.25, 0.3) is 0 Å². The Balaban J connectivity index is 1.57. The average molecular weight is 249 g/mol. The molecule has 0 aliphatic carbocycles. The molecule has 2 saturated heterocycles. The number of nitrogens with zero attached hydrogens (tertiary/aromatic N) is 1. The minimum atomic E-state index is -0.0498. The first kappa shape index (κ1) is 12.0. The van der Waals surface area contributed by atoms with E-state index in [2.05, 4.69) is 6.07 Å². The molecule has 98 valence electrons. The van der Waals surface area contributed by atoms with Gasteiger partial charge in [0.15, 0.2) is 6.29 Å². The van der Waals surface area contributed by atoms with E-state index in [0.29, 0.717) is 13.0 Å². The Morgan fingerprint density at radius 3 is 3.06 bits per heavy atom. The number of ether oxygens (including phenoxy) is 3. The van der Waals surface area contributed by atoms with Gasteiger partial charge in [-0.15, -0.1) is 0 Å². The molecular formula is C14H19NO3. The normalized spacial score (nSPS) is 34.5. The van der Waals surface area contributed by atoms with Crippen LogP contribution in [0.1, 0.15) is 38.5 Å². The largest absolute Gasteiger partial charge is 0.494 e. The number of rotatable bonds is 4. The zero-order valence-corrected chi connectivity index (χ0v) is 10.6. The average Bonchev–Trinajstić information content (AvgIpc) is 3.00. The lowest BCUT2D eigenvalue weighted by molar-refractivity contribution is -0.170. The molecule has 3 rings (SSSR count). The topological polar surface area (TPSA) is 51.5 Å². The fourth-order valence-electron chi connectivity index (χ4n) is 3.10. The first-order valence-corrected chi connectivity index (χ1v) is 6.87. The van der Waals surface area contributed by atoms with Crippen molar-refractivity contribution in [3.8, 4) is 6.07 Å². The molecule has 0 N–H and O–H groups in total. The van der Waals surface area contributed by atoms with Crippen LogP contribution in [0.15, 0.2) is 11.3 Å². The lowest BCUT2D eigenvalue weighted by atomic mass is 9.86. The Morgan fingerprint density at radius 1 is 1.33 bits per heavy atom. The molecule has 4 heteroatoms. The minimum Gasteiger partial charge on any atom is -0.494 e. The van der Waals surface area contributed by atoms with Crippen molar-refractivity contribution >= 4 is 0 Å². The molecule has 0 aromatic heterocycles. The molecule has 4 nitrogen and oxygen atoms in total. The molecule has 3 aliphatic heterocycles. The highest BCUT2D eigenvalue weighted by Gasteiger charge is 2.41. The van der Waals surface area contributed by atoms with Gasteiger partial charge >= 0.3 is 0 Å². The summed E-state index contributed by atoms with van der Waals surface area (Å²) < 4.78 is 17.2. The Bertz CT molecular complexity index is 379. The summed E-state index contributed by atoms with van der Waals surface area (Å²) in [6.45, 7) is 1.44. The van der Waals surface area contributed by atoms with Gasteiger partial charge in [-0.25, -0.2) is 0 Å². The molecule has 3 heterocycles. The molecular weight excluding hydrogens is 230 g/mol. The Labute approximate surface area is 108 Å². The second-order valence-electron chi connectivity index (χ2n) is 5.21. The highest BCUT2D eigenvalue weighted by Crippen LogP contribution is 2.43. The third kappa shape index (κ3) is 2.25. The maximum atomic E-state index is 8.88. The lowest BCUT2D eigenvalue weighted by Gasteiger charge is -2.26. The number of hydrogen-bond acceptors (Lipinski definition) is 4. The summed E-state index contributed by atoms with van der Waals surface area (Å²) in [5, 5.41) is 8.88. The summed E-state index contributed by atoms with van der Waals surface area (Å²) in [6.07, 6.45) is 6.05. The van der Waals surface area contributed by atoms with Crippen molar-refractivity contribution in [2.45, 2.75) is 50.9 Å². The van der Waals surface area contributed by atoms with Gasteiger partial charge in [0.1, 0.15) is 6.10 Å². The fourth-order valence-corrected chi connectivity index (χ4v) is 3.10. The molecule has 0 saturated carbocycles. The molecule has 3 atom stereocenters. The Hall–Kier alpha value is -1.05. The van der Waals surface area contributed by atoms with E-state index in [-0.39, 0.29) is 18.3 Å². The summed E-state index contributed by atoms with van der Waals surface area (Å²) in [4.78, 5) is 0. The monoisotopic (exact) mass is 249 g/mol. The van der Waals surface area contributed by atoms with Crippen LogP contribution >= 0.6 is 0 Å². The van der Waals surface area contributed by atoms with Crippen molar-refractivity contribution in [3.63, 3.8) is 0 Å². The number of nitriles is 1. The van der Waals surface area contributed by atoms with Crippen LogP contribution in [-0.2, 0) is 14.2 Å². The van der Waals surface area contributed by atoms with Crippen molar-refractivity contribution < 1.29 is 14.2 Å². The molecule has 0 aromatic rings. The predicted molar refractivity (Wildman–Crippen MR) is 64.4 cm³/mol. The van der Waals surface area contributed by atoms with Gasteiger partial charge in [-0.3, -0.25) is 0 Å². The lowest BCUT2D eigenvalue weighted by Crippen LogP contribution is -2.29. The maximum Gasteiger partial charge on any atom is 0.157 e. The molecule has 18 heavy (non-hydrogen) atoms. The van der Waals surface area contributed by atoms with Crippen LogP contribution < -0.4 is 0 Å². The van der Waals surface area contributed by atoms with E-state index in [0.717, 1.165) is 38.0 Å². The predicted octanol–water partition coefficient (Wildman–Crippen LogP) is 2.51. The summed E-state index contributed by atoms with van der Waals surface area (Å²) in [6, 6.07) is 2.24. The zero-order valence-electron chi connectivity index (χ0n) is 10.6. The highest BCUT2D eigenvalue weighted by atomic mass is 16.7. The highest BCUT2D eigenvalue weighted by molar-refractivity contribution is 5.26. The maximum absolute atomic E-state index is 8.88. The van der Waals surface area contributed by atoms with Gasteiger partial charge in [0, 0.05) is 18.9 Å². The summed E-state index contributed by atoms with van der Waals surface area (Å²) >= 11 is 0. The first-order chi connectivity index (χ1) is 8.88. The van der Waals surface area contributed by atoms with Gasteiger partial charge in [0.2, 0.25) is 0 Å². The SMILES string of the molecule is N#CCC1=C2CCC(O2)C1COC1CCCCO1. The van der Waals surface area contributed by atoms with Gasteiger partial charge in [-0.05, 0) is 31.3 Å². The summed E-state index contributed by atoms with van der Waals surface area (Å²) in [5.74, 6) is 1.33. The van der Waals surface area contributed by atoms with Gasteiger partial charge in [0.25, 0.3) is 0 Å². The second kappa shape index (κ2) is 5.29. The first-order valence-electron chi connectivity index (χ1n) is 6.87. The van der Waals surface area contributed by atoms with E-state index in [4.69, 9.17) is 19.5 Å². The third-order valence-corrected chi connectivity index (χ3v) is 4.07. The van der Waals surface area contributed by atoms with Crippen molar-refractivity contribution in [1.29, 1.82) is 5.26 Å². The van der Waals surface area contributed by atoms with E-state index in [1.165, 1.54) is 12.0 Å². The number of hydrogen-bond donors (Lipinski definition) is 0. The molecule has 2 bridgehead atoms. The number of allylic oxidation sites excluding steroid dienone is 1. The molecule has 2 fully saturated rings. The molecule has 0 spiro atoms. The van der Waals surface area contributed by atoms with E-state index in [1.807, 2.05) is 0 Å². The van der Waals surface area contributed by atoms with E-state index in [9.17, 15) is 0 Å². The van der Waals surface area contributed by atoms with Crippen LogP contribution in [0, 0.1) is 17.2 Å². The van der Waals surface area contributed by atoms with E-state index < -0.39 is 0 Å². The van der Waals surface area contributed by atoms with Crippen LogP contribution in [0.2, 0.25) is 0 Å². The fraction of sp³-hybridized carbons (Fsp3) is 0.786. The van der Waals surface area contributed by atoms with Gasteiger partial charge in [-0.2, -0.15) is 5.26 Å². The van der Waals surface area contributed by atoms with E-state index >= 15 is 0 Å². The third-order valence-electron chi connectivity index (χ3n) is 4.07. The van der Waals surface area contributed by atoms with Crippen molar-refractivity contribution in [3.05, 3.63) is 11.3 Å². The van der Waals surface area contributed by atoms with Gasteiger partial charge in [0.05, 0.1) is 24.9 Å². The zero-order chi connectivity index (χ0) is 12.4. The Kier molecular flexibility index (Phi) is 3.53. The quantitative estimate of drug-likeness (QED) is 0.768. The summed E-state index contributed by atoms with van der Waals surface area (Å²) in [5.41, 5.74) is 1.17. The minimum absolute atomic E-state index is 0.0498. The van der Waals surface area contributed by atoms with E-state index in [1.54, 1.807) is 0 Å². The molecule has 0 aromatic carbocycles. The van der Waals surface area contributed by atoms with Crippen LogP contribution in [-0.4, -0.2) is 25.6 Å². The smallest absolute Gasteiger partial charge is 0.157 e. The molecule has 3 unspecified atom stereocenters. The Morgan fingerprint density at radius 2 is 2.28 bits per heavy atom. The van der Waals surface area contributed by atoms with Crippen molar-refractivity contribution in [2.24, 2.45) is 5.92 Å². The number of fused-ring (bicyclic) bond motifs is 2. The molecule has 3 aliphatic rings. The molecule has 0 radical (unpaired) electrons. The standard InChI is InChI=1S/C14H19NO3/c15-7-6-10-11(13-5-4-12(10)18-13)9-17-14-3-1-2-8-16-14/h11,13-14H,1-6,8-9H2. The van der Waals surface area contributed by atoms with Gasteiger partial charge in [-0.1, -0.05) is 0 Å². The van der Waals surface area contributed by atoms with Crippen LogP contribution in [0.3, 0.4) is 0 Å². The van der Waals surface area contributed by atoms with Crippen molar-refractivity contribution in [1.82, 2.24) is 0 Å². The van der Waals surface area contributed by atoms with Crippen molar-refractivity contribution in [2.75, 3.05) is 13.2 Å². The van der Waals surface area contributed by atoms with Gasteiger partial charge < -0.3 is 14.2 Å². The van der Waals surface area contributed by atoms with Crippen LogP contribution in [0.4, 0.5) is 0 Å². The molecule has 0 amide bonds. The van der Waals surface area contributed by atoms with Crippen LogP contribution in [0.5, 0.6) is 0 Å².